The van der Waals surface area contributed by atoms with Crippen LogP contribution in [-0.2, 0) is 4.84 Å². The minimum absolute atomic E-state index is 0.622. The zero-order valence-electron chi connectivity index (χ0n) is 6.01. The third-order valence-corrected chi connectivity index (χ3v) is 1.58. The Hall–Kier alpha value is -1.09. The molecule has 0 radical (unpaired) electrons. The van der Waals surface area contributed by atoms with Crippen LogP contribution in [0, 0.1) is 0 Å². The van der Waals surface area contributed by atoms with Crippen LogP contribution in [0.3, 0.4) is 0 Å². The summed E-state index contributed by atoms with van der Waals surface area (Å²) in [4.78, 5) is 4.55. The van der Waals surface area contributed by atoms with Crippen molar-refractivity contribution in [1.82, 2.24) is 0 Å². The molecule has 0 bridgehead atoms. The Balaban J connectivity index is 0.000000112. The van der Waals surface area contributed by atoms with E-state index in [9.17, 15) is 0 Å². The van der Waals surface area contributed by atoms with E-state index in [2.05, 4.69) is 9.99 Å². The van der Waals surface area contributed by atoms with Crippen LogP contribution in [0.15, 0.2) is 40.2 Å². The van der Waals surface area contributed by atoms with E-state index in [0.29, 0.717) is 6.61 Å². The van der Waals surface area contributed by atoms with Gasteiger partial charge in [0.15, 0.2) is 0 Å². The molecule has 0 aliphatic carbocycles. The molecule has 0 aromatic carbocycles. The molecule has 2 nitrogen and oxygen atoms in total. The lowest BCUT2D eigenvalue weighted by Crippen LogP contribution is -1.86. The van der Waals surface area contributed by atoms with Crippen molar-refractivity contribution in [2.45, 2.75) is 0 Å². The Labute approximate surface area is 69.8 Å². The second kappa shape index (κ2) is 5.68. The second-order valence-corrected chi connectivity index (χ2v) is 2.59. The van der Waals surface area contributed by atoms with E-state index in [1.165, 1.54) is 0 Å². The molecule has 2 rings (SSSR count). The number of nitrogens with zero attached hydrogens (tertiary/aromatic N) is 1. The van der Waals surface area contributed by atoms with Gasteiger partial charge in [-0.3, -0.25) is 0 Å². The summed E-state index contributed by atoms with van der Waals surface area (Å²) in [7, 11) is 0. The third kappa shape index (κ3) is 4.33. The number of allylic oxidation sites excluding steroid dienone is 1. The van der Waals surface area contributed by atoms with Crippen LogP contribution in [0.25, 0.3) is 0 Å². The standard InChI is InChI=1S/C4H5NO.C4H4S/c1-2-4-6-5-3-1;1-2-4-5-3-1/h1-3H,4H2;1-4H. The predicted octanol–water partition coefficient (Wildman–Crippen LogP) is 2.31. The van der Waals surface area contributed by atoms with E-state index in [-0.39, 0.29) is 0 Å². The Morgan fingerprint density at radius 2 is 2.09 bits per heavy atom. The van der Waals surface area contributed by atoms with Gasteiger partial charge in [-0.05, 0) is 22.9 Å². The van der Waals surface area contributed by atoms with E-state index in [1.54, 1.807) is 17.6 Å². The maximum Gasteiger partial charge on any atom is 0.135 e. The summed E-state index contributed by atoms with van der Waals surface area (Å²) in [5.41, 5.74) is 0. The first kappa shape index (κ1) is 8.01. The monoisotopic (exact) mass is 167 g/mol. The van der Waals surface area contributed by atoms with Crippen LogP contribution in [0.1, 0.15) is 0 Å². The van der Waals surface area contributed by atoms with Gasteiger partial charge in [0.1, 0.15) is 6.61 Å². The predicted molar refractivity (Wildman–Crippen MR) is 47.9 cm³/mol. The molecule has 3 heteroatoms. The molecule has 2 heterocycles. The second-order valence-electron chi connectivity index (χ2n) is 1.77. The summed E-state index contributed by atoms with van der Waals surface area (Å²) in [5, 5.41) is 7.55. The first-order valence-corrected chi connectivity index (χ1v) is 4.22. The summed E-state index contributed by atoms with van der Waals surface area (Å²) in [6.07, 6.45) is 5.36. The van der Waals surface area contributed by atoms with Crippen LogP contribution in [0.2, 0.25) is 0 Å². The van der Waals surface area contributed by atoms with Gasteiger partial charge in [0, 0.05) is 0 Å². The van der Waals surface area contributed by atoms with Gasteiger partial charge in [-0.15, -0.1) is 0 Å². The highest BCUT2D eigenvalue weighted by Gasteiger charge is 1.77. The lowest BCUT2D eigenvalue weighted by molar-refractivity contribution is 0.173. The Morgan fingerprint density at radius 3 is 2.27 bits per heavy atom. The van der Waals surface area contributed by atoms with Crippen LogP contribution in [-0.4, -0.2) is 12.8 Å². The SMILES string of the molecule is C1=CCON=C1.c1ccsc1. The fourth-order valence-electron chi connectivity index (χ4n) is 0.507. The fraction of sp³-hybridized carbons (Fsp3) is 0.125. The number of rotatable bonds is 0. The molecule has 0 unspecified atom stereocenters. The van der Waals surface area contributed by atoms with Crippen molar-refractivity contribution in [3.63, 3.8) is 0 Å². The zero-order valence-corrected chi connectivity index (χ0v) is 6.83. The summed E-state index contributed by atoms with van der Waals surface area (Å²) >= 11 is 1.71. The molecule has 11 heavy (non-hydrogen) atoms. The maximum atomic E-state index is 4.55. The average Bonchev–Trinajstić information content (AvgIpc) is 2.64. The van der Waals surface area contributed by atoms with Gasteiger partial charge in [-0.1, -0.05) is 17.3 Å². The fourth-order valence-corrected chi connectivity index (χ4v) is 0.961. The van der Waals surface area contributed by atoms with Crippen molar-refractivity contribution >= 4 is 17.6 Å². The van der Waals surface area contributed by atoms with Gasteiger partial charge in [-0.25, -0.2) is 0 Å². The summed E-state index contributed by atoms with van der Waals surface area (Å²) in [6, 6.07) is 4.04. The van der Waals surface area contributed by atoms with E-state index < -0.39 is 0 Å². The van der Waals surface area contributed by atoms with Crippen molar-refractivity contribution in [1.29, 1.82) is 0 Å². The molecular formula is C8H9NOS. The largest absolute Gasteiger partial charge is 0.392 e. The third-order valence-electron chi connectivity index (χ3n) is 0.954. The van der Waals surface area contributed by atoms with Crippen LogP contribution in [0.4, 0.5) is 0 Å². The molecule has 1 aliphatic heterocycles. The van der Waals surface area contributed by atoms with Gasteiger partial charge in [0.2, 0.25) is 0 Å². The van der Waals surface area contributed by atoms with E-state index in [0.717, 1.165) is 0 Å². The van der Waals surface area contributed by atoms with E-state index in [4.69, 9.17) is 0 Å². The molecule has 0 saturated heterocycles. The van der Waals surface area contributed by atoms with E-state index >= 15 is 0 Å². The number of hydrogen-bond acceptors (Lipinski definition) is 3. The molecule has 0 saturated carbocycles. The highest BCUT2D eigenvalue weighted by molar-refractivity contribution is 7.07. The van der Waals surface area contributed by atoms with Gasteiger partial charge in [-0.2, -0.15) is 11.3 Å². The minimum atomic E-state index is 0.622. The summed E-state index contributed by atoms with van der Waals surface area (Å²) in [6.45, 7) is 0.622. The Kier molecular flexibility index (Phi) is 4.13. The van der Waals surface area contributed by atoms with Gasteiger partial charge in [0.25, 0.3) is 0 Å². The molecule has 0 fully saturated rings. The Morgan fingerprint density at radius 1 is 1.27 bits per heavy atom. The molecule has 1 aromatic heterocycles. The number of thiophene rings is 1. The highest BCUT2D eigenvalue weighted by Crippen LogP contribution is 1.91. The van der Waals surface area contributed by atoms with Crippen molar-refractivity contribution in [3.8, 4) is 0 Å². The maximum absolute atomic E-state index is 4.55. The lowest BCUT2D eigenvalue weighted by Gasteiger charge is -1.92. The van der Waals surface area contributed by atoms with Crippen LogP contribution < -0.4 is 0 Å². The number of hydrogen-bond donors (Lipinski definition) is 0. The van der Waals surface area contributed by atoms with E-state index in [1.807, 2.05) is 35.0 Å². The molecule has 0 spiro atoms. The quantitative estimate of drug-likeness (QED) is 0.581. The molecule has 0 atom stereocenters. The van der Waals surface area contributed by atoms with Crippen molar-refractivity contribution in [2.75, 3.05) is 6.61 Å². The van der Waals surface area contributed by atoms with Gasteiger partial charge in [0.05, 0.1) is 6.21 Å². The first-order valence-electron chi connectivity index (χ1n) is 3.28. The molecule has 0 N–H and O–H groups in total. The van der Waals surface area contributed by atoms with Crippen molar-refractivity contribution in [3.05, 3.63) is 35.0 Å². The lowest BCUT2D eigenvalue weighted by atomic mass is 10.5. The summed E-state index contributed by atoms with van der Waals surface area (Å²) in [5.74, 6) is 0. The van der Waals surface area contributed by atoms with Gasteiger partial charge < -0.3 is 4.84 Å². The van der Waals surface area contributed by atoms with Gasteiger partial charge >= 0.3 is 0 Å². The smallest absolute Gasteiger partial charge is 0.135 e. The molecule has 1 aromatic rings. The average molecular weight is 167 g/mol. The molecule has 0 amide bonds. The first-order chi connectivity index (χ1) is 5.50. The van der Waals surface area contributed by atoms with Crippen LogP contribution in [0.5, 0.6) is 0 Å². The normalized spacial score (nSPS) is 13.1. The topological polar surface area (TPSA) is 21.6 Å². The molecular weight excluding hydrogens is 158 g/mol. The number of oxime groups is 1. The zero-order chi connectivity index (χ0) is 7.78. The highest BCUT2D eigenvalue weighted by atomic mass is 32.1. The Bertz CT molecular complexity index is 187. The molecule has 58 valence electrons. The van der Waals surface area contributed by atoms with Crippen molar-refractivity contribution < 1.29 is 4.84 Å². The summed E-state index contributed by atoms with van der Waals surface area (Å²) < 4.78 is 0. The van der Waals surface area contributed by atoms with Crippen LogP contribution >= 0.6 is 11.3 Å². The molecule has 1 aliphatic rings. The minimum Gasteiger partial charge on any atom is -0.392 e. The van der Waals surface area contributed by atoms with Crippen molar-refractivity contribution in [2.24, 2.45) is 5.16 Å².